The monoisotopic (exact) mass is 385 g/mol. The van der Waals surface area contributed by atoms with Crippen molar-refractivity contribution in [1.29, 1.82) is 0 Å². The molecule has 1 aliphatic rings. The van der Waals surface area contributed by atoms with Gasteiger partial charge in [0.1, 0.15) is 5.82 Å². The number of carbonyl (C=O) groups is 2. The van der Waals surface area contributed by atoms with Crippen molar-refractivity contribution in [2.75, 3.05) is 21.1 Å². The number of aryl methyl sites for hydroxylation is 1. The van der Waals surface area contributed by atoms with Crippen LogP contribution in [-0.2, 0) is 13.1 Å². The molecule has 1 saturated carbocycles. The fourth-order valence-electron chi connectivity index (χ4n) is 3.86. The normalized spacial score (nSPS) is 14.9. The minimum absolute atomic E-state index is 0.0431. The molecule has 0 bridgehead atoms. The van der Waals surface area contributed by atoms with Gasteiger partial charge in [0.25, 0.3) is 5.91 Å². The van der Waals surface area contributed by atoms with Gasteiger partial charge in [0.05, 0.1) is 17.6 Å². The van der Waals surface area contributed by atoms with E-state index in [1.54, 1.807) is 30.9 Å². The second-order valence-corrected chi connectivity index (χ2v) is 7.82. The molecule has 1 aromatic heterocycles. The number of benzene rings is 1. The fourth-order valence-corrected chi connectivity index (χ4v) is 3.86. The summed E-state index contributed by atoms with van der Waals surface area (Å²) in [6.07, 6.45) is 5.77. The fraction of sp³-hybridized carbons (Fsp3) is 0.571. The summed E-state index contributed by atoms with van der Waals surface area (Å²) in [5.74, 6) is 0.784. The van der Waals surface area contributed by atoms with Crippen LogP contribution in [0.15, 0.2) is 18.2 Å². The lowest BCUT2D eigenvalue weighted by Gasteiger charge is -2.26. The highest BCUT2D eigenvalue weighted by Crippen LogP contribution is 2.21. The molecule has 0 radical (unpaired) electrons. The number of hydrogen-bond donors (Lipinski definition) is 1. The van der Waals surface area contributed by atoms with Gasteiger partial charge < -0.3 is 19.7 Å². The molecule has 0 aliphatic heterocycles. The van der Waals surface area contributed by atoms with E-state index in [2.05, 4.69) is 16.8 Å². The van der Waals surface area contributed by atoms with Crippen molar-refractivity contribution in [3.63, 3.8) is 0 Å². The van der Waals surface area contributed by atoms with Gasteiger partial charge in [-0.05, 0) is 38.0 Å². The van der Waals surface area contributed by atoms with Gasteiger partial charge in [0.2, 0.25) is 0 Å². The van der Waals surface area contributed by atoms with Gasteiger partial charge in [-0.1, -0.05) is 19.3 Å². The van der Waals surface area contributed by atoms with E-state index in [-0.39, 0.29) is 18.0 Å². The highest BCUT2D eigenvalue weighted by atomic mass is 16.2. The predicted molar refractivity (Wildman–Crippen MR) is 110 cm³/mol. The van der Waals surface area contributed by atoms with Gasteiger partial charge in [0, 0.05) is 39.3 Å². The minimum Gasteiger partial charge on any atom is -0.345 e. The summed E-state index contributed by atoms with van der Waals surface area (Å²) < 4.78 is 2.10. The average molecular weight is 386 g/mol. The molecule has 7 heteroatoms. The van der Waals surface area contributed by atoms with Crippen LogP contribution in [0.25, 0.3) is 11.0 Å². The molecule has 1 N–H and O–H groups in total. The van der Waals surface area contributed by atoms with Gasteiger partial charge in [-0.15, -0.1) is 0 Å². The SMILES string of the molecule is CCn1c(CN(C)C(=O)NC2CCCCC2)nc2cc(C(=O)N(C)C)ccc21. The topological polar surface area (TPSA) is 70.5 Å². The van der Waals surface area contributed by atoms with Crippen LogP contribution in [0.3, 0.4) is 0 Å². The molecular formula is C21H31N5O2. The van der Waals surface area contributed by atoms with Crippen LogP contribution in [0.5, 0.6) is 0 Å². The maximum Gasteiger partial charge on any atom is 0.317 e. The van der Waals surface area contributed by atoms with Crippen LogP contribution < -0.4 is 5.32 Å². The molecule has 28 heavy (non-hydrogen) atoms. The Morgan fingerprint density at radius 1 is 1.18 bits per heavy atom. The summed E-state index contributed by atoms with van der Waals surface area (Å²) in [6, 6.07) is 5.84. The van der Waals surface area contributed by atoms with E-state index in [4.69, 9.17) is 4.98 Å². The average Bonchev–Trinajstić information content (AvgIpc) is 3.03. The third kappa shape index (κ3) is 4.29. The van der Waals surface area contributed by atoms with Crippen LogP contribution >= 0.6 is 0 Å². The summed E-state index contributed by atoms with van der Waals surface area (Å²) in [5, 5.41) is 3.15. The molecule has 7 nitrogen and oxygen atoms in total. The number of nitrogens with one attached hydrogen (secondary N) is 1. The molecular weight excluding hydrogens is 354 g/mol. The quantitative estimate of drug-likeness (QED) is 0.859. The van der Waals surface area contributed by atoms with Crippen LogP contribution in [0.4, 0.5) is 4.79 Å². The second kappa shape index (κ2) is 8.63. The zero-order chi connectivity index (χ0) is 20.3. The summed E-state index contributed by atoms with van der Waals surface area (Å²) in [5.41, 5.74) is 2.38. The van der Waals surface area contributed by atoms with E-state index < -0.39 is 0 Å². The number of fused-ring (bicyclic) bond motifs is 1. The summed E-state index contributed by atoms with van der Waals surface area (Å²) in [7, 11) is 5.28. The van der Waals surface area contributed by atoms with Gasteiger partial charge in [-0.3, -0.25) is 4.79 Å². The van der Waals surface area contributed by atoms with Crippen molar-refractivity contribution in [3.8, 4) is 0 Å². The Bertz CT molecular complexity index is 852. The van der Waals surface area contributed by atoms with Crippen LogP contribution in [0.1, 0.15) is 55.2 Å². The Morgan fingerprint density at radius 3 is 2.54 bits per heavy atom. The number of carbonyl (C=O) groups excluding carboxylic acids is 2. The standard InChI is InChI=1S/C21H31N5O2/c1-5-26-18-12-11-15(20(27)24(2)3)13-17(18)23-19(26)14-25(4)21(28)22-16-9-7-6-8-10-16/h11-13,16H,5-10,14H2,1-4H3,(H,22,28). The Morgan fingerprint density at radius 2 is 1.89 bits per heavy atom. The van der Waals surface area contributed by atoms with Gasteiger partial charge in [-0.25, -0.2) is 9.78 Å². The molecule has 0 atom stereocenters. The van der Waals surface area contributed by atoms with Crippen LogP contribution in [0.2, 0.25) is 0 Å². The van der Waals surface area contributed by atoms with E-state index in [1.165, 1.54) is 19.3 Å². The van der Waals surface area contributed by atoms with E-state index in [0.717, 1.165) is 36.2 Å². The first-order valence-corrected chi connectivity index (χ1v) is 10.1. The number of nitrogens with zero attached hydrogens (tertiary/aromatic N) is 4. The van der Waals surface area contributed by atoms with E-state index in [0.29, 0.717) is 12.1 Å². The zero-order valence-electron chi connectivity index (χ0n) is 17.4. The lowest BCUT2D eigenvalue weighted by atomic mass is 9.96. The number of rotatable bonds is 5. The lowest BCUT2D eigenvalue weighted by Crippen LogP contribution is -2.43. The molecule has 0 spiro atoms. The van der Waals surface area contributed by atoms with E-state index in [1.807, 2.05) is 18.2 Å². The maximum absolute atomic E-state index is 12.6. The van der Waals surface area contributed by atoms with Crippen molar-refractivity contribution >= 4 is 23.0 Å². The van der Waals surface area contributed by atoms with Crippen LogP contribution in [-0.4, -0.2) is 58.5 Å². The molecule has 1 fully saturated rings. The number of aromatic nitrogens is 2. The van der Waals surface area contributed by atoms with Crippen molar-refractivity contribution in [1.82, 2.24) is 24.7 Å². The minimum atomic E-state index is -0.0508. The second-order valence-electron chi connectivity index (χ2n) is 7.82. The molecule has 2 aromatic rings. The molecule has 0 saturated heterocycles. The molecule has 1 aromatic carbocycles. The van der Waals surface area contributed by atoms with Crippen molar-refractivity contribution in [2.45, 2.75) is 58.2 Å². The first-order chi connectivity index (χ1) is 13.4. The molecule has 3 rings (SSSR count). The number of hydrogen-bond acceptors (Lipinski definition) is 3. The third-order valence-corrected chi connectivity index (χ3v) is 5.45. The Labute approximate surface area is 166 Å². The Hall–Kier alpha value is -2.57. The largest absolute Gasteiger partial charge is 0.345 e. The molecule has 3 amide bonds. The highest BCUT2D eigenvalue weighted by molar-refractivity contribution is 5.97. The van der Waals surface area contributed by atoms with Gasteiger partial charge in [-0.2, -0.15) is 0 Å². The van der Waals surface area contributed by atoms with Crippen molar-refractivity contribution in [3.05, 3.63) is 29.6 Å². The highest BCUT2D eigenvalue weighted by Gasteiger charge is 2.20. The number of imidazole rings is 1. The molecule has 1 aliphatic carbocycles. The number of amides is 3. The first-order valence-electron chi connectivity index (χ1n) is 10.1. The van der Waals surface area contributed by atoms with Crippen LogP contribution in [0, 0.1) is 0 Å². The lowest BCUT2D eigenvalue weighted by molar-refractivity contribution is 0.0827. The van der Waals surface area contributed by atoms with Crippen molar-refractivity contribution < 1.29 is 9.59 Å². The third-order valence-electron chi connectivity index (χ3n) is 5.45. The summed E-state index contributed by atoms with van der Waals surface area (Å²) >= 11 is 0. The summed E-state index contributed by atoms with van der Waals surface area (Å²) in [4.78, 5) is 32.8. The Balaban J connectivity index is 1.77. The molecule has 152 valence electrons. The smallest absolute Gasteiger partial charge is 0.317 e. The molecule has 1 heterocycles. The summed E-state index contributed by atoms with van der Waals surface area (Å²) in [6.45, 7) is 3.24. The van der Waals surface area contributed by atoms with Gasteiger partial charge in [0.15, 0.2) is 0 Å². The van der Waals surface area contributed by atoms with Crippen molar-refractivity contribution in [2.24, 2.45) is 0 Å². The van der Waals surface area contributed by atoms with Gasteiger partial charge >= 0.3 is 6.03 Å². The molecule has 0 unspecified atom stereocenters. The van der Waals surface area contributed by atoms with E-state index >= 15 is 0 Å². The first kappa shape index (κ1) is 20.2. The zero-order valence-corrected chi connectivity index (χ0v) is 17.4. The van der Waals surface area contributed by atoms with E-state index in [9.17, 15) is 9.59 Å². The Kier molecular flexibility index (Phi) is 6.21. The maximum atomic E-state index is 12.6. The predicted octanol–water partition coefficient (Wildman–Crippen LogP) is 3.23. The number of urea groups is 1.